The van der Waals surface area contributed by atoms with E-state index in [0.29, 0.717) is 13.1 Å². The summed E-state index contributed by atoms with van der Waals surface area (Å²) in [5.74, 6) is 0.652. The minimum absolute atomic E-state index is 0.194. The Morgan fingerprint density at radius 1 is 1.14 bits per heavy atom. The monoisotopic (exact) mass is 469 g/mol. The highest BCUT2D eigenvalue weighted by atomic mass is 16.5. The second kappa shape index (κ2) is 10.4. The van der Waals surface area contributed by atoms with Gasteiger partial charge in [-0.05, 0) is 59.7 Å². The predicted octanol–water partition coefficient (Wildman–Crippen LogP) is 4.56. The topological polar surface area (TPSA) is 97.1 Å². The largest absolute Gasteiger partial charge is 0.461 e. The average Bonchev–Trinajstić information content (AvgIpc) is 3.29. The number of benzene rings is 2. The molecular weight excluding hydrogens is 438 g/mol. The minimum atomic E-state index is -0.288. The highest BCUT2D eigenvalue weighted by molar-refractivity contribution is 5.74. The Morgan fingerprint density at radius 2 is 2.03 bits per heavy atom. The van der Waals surface area contributed by atoms with Crippen LogP contribution < -0.4 is 5.73 Å². The molecular formula is C28H31N5O2. The summed E-state index contributed by atoms with van der Waals surface area (Å²) in [5.41, 5.74) is 13.8. The Balaban J connectivity index is 1.47. The van der Waals surface area contributed by atoms with E-state index in [2.05, 4.69) is 28.1 Å². The number of para-hydroxylation sites is 2. The van der Waals surface area contributed by atoms with E-state index in [1.807, 2.05) is 42.6 Å². The van der Waals surface area contributed by atoms with Crippen LogP contribution in [0.2, 0.25) is 0 Å². The first kappa shape index (κ1) is 23.2. The van der Waals surface area contributed by atoms with E-state index in [1.165, 1.54) is 18.1 Å². The fourth-order valence-corrected chi connectivity index (χ4v) is 5.01. The number of hydrogen-bond donors (Lipinski definition) is 2. The van der Waals surface area contributed by atoms with Gasteiger partial charge in [0, 0.05) is 26.2 Å². The van der Waals surface area contributed by atoms with Crippen LogP contribution in [0, 0.1) is 0 Å². The van der Waals surface area contributed by atoms with Gasteiger partial charge in [-0.15, -0.1) is 0 Å². The number of imidazole rings is 1. The lowest BCUT2D eigenvalue weighted by molar-refractivity contribution is -0.142. The molecule has 0 saturated carbocycles. The average molecular weight is 470 g/mol. The molecule has 4 aromatic rings. The lowest BCUT2D eigenvalue weighted by Gasteiger charge is -2.35. The number of fused-ring (bicyclic) bond motifs is 2. The molecule has 2 aromatic carbocycles. The van der Waals surface area contributed by atoms with E-state index in [9.17, 15) is 4.79 Å². The van der Waals surface area contributed by atoms with Gasteiger partial charge in [-0.25, -0.2) is 4.98 Å². The lowest BCUT2D eigenvalue weighted by Crippen LogP contribution is -2.32. The molecule has 5 rings (SSSR count). The predicted molar refractivity (Wildman–Crippen MR) is 135 cm³/mol. The molecule has 180 valence electrons. The number of nitrogens with one attached hydrogen (secondary N) is 1. The second-order valence-electron chi connectivity index (χ2n) is 9.15. The van der Waals surface area contributed by atoms with Crippen molar-refractivity contribution in [2.75, 3.05) is 0 Å². The van der Waals surface area contributed by atoms with Crippen molar-refractivity contribution >= 4 is 17.0 Å². The number of nitrogens with zero attached hydrogens (tertiary/aromatic N) is 3. The van der Waals surface area contributed by atoms with Crippen LogP contribution in [0.1, 0.15) is 59.6 Å². The SMILES string of the molecule is CC(=O)OCc1ccc(CN(Cc2nc3ccccc3[nH]2)C2CCCc3cccnc32)c(CN)c1. The molecule has 0 fully saturated rings. The number of aromatic nitrogens is 3. The number of carbonyl (C=O) groups is 1. The number of ether oxygens (including phenoxy) is 1. The van der Waals surface area contributed by atoms with Crippen LogP contribution in [-0.4, -0.2) is 25.8 Å². The van der Waals surface area contributed by atoms with Crippen molar-refractivity contribution in [2.45, 2.75) is 58.5 Å². The summed E-state index contributed by atoms with van der Waals surface area (Å²) in [6.45, 7) is 3.49. The molecule has 0 bridgehead atoms. The number of nitrogens with two attached hydrogens (primary N) is 1. The third-order valence-electron chi connectivity index (χ3n) is 6.70. The van der Waals surface area contributed by atoms with Crippen molar-refractivity contribution in [1.82, 2.24) is 19.9 Å². The van der Waals surface area contributed by atoms with E-state index in [0.717, 1.165) is 59.5 Å². The maximum Gasteiger partial charge on any atom is 0.302 e. The van der Waals surface area contributed by atoms with Crippen molar-refractivity contribution in [3.8, 4) is 0 Å². The van der Waals surface area contributed by atoms with Crippen molar-refractivity contribution in [3.05, 3.63) is 94.6 Å². The zero-order valence-electron chi connectivity index (χ0n) is 20.0. The number of hydrogen-bond acceptors (Lipinski definition) is 6. The number of carbonyl (C=O) groups excluding carboxylic acids is 1. The summed E-state index contributed by atoms with van der Waals surface area (Å²) in [7, 11) is 0. The normalized spacial score (nSPS) is 15.3. The molecule has 7 nitrogen and oxygen atoms in total. The lowest BCUT2D eigenvalue weighted by atomic mass is 9.90. The molecule has 1 aliphatic rings. The molecule has 0 spiro atoms. The van der Waals surface area contributed by atoms with Crippen LogP contribution in [0.5, 0.6) is 0 Å². The first-order valence-corrected chi connectivity index (χ1v) is 12.2. The van der Waals surface area contributed by atoms with Gasteiger partial charge in [0.1, 0.15) is 12.4 Å². The Hall–Kier alpha value is -3.55. The molecule has 1 atom stereocenters. The van der Waals surface area contributed by atoms with Gasteiger partial charge in [-0.1, -0.05) is 36.4 Å². The van der Waals surface area contributed by atoms with Crippen molar-refractivity contribution in [1.29, 1.82) is 0 Å². The number of aryl methyl sites for hydroxylation is 1. The Morgan fingerprint density at radius 3 is 2.86 bits per heavy atom. The smallest absolute Gasteiger partial charge is 0.302 e. The second-order valence-corrected chi connectivity index (χ2v) is 9.15. The van der Waals surface area contributed by atoms with Gasteiger partial charge in [0.2, 0.25) is 0 Å². The van der Waals surface area contributed by atoms with E-state index >= 15 is 0 Å². The van der Waals surface area contributed by atoms with Gasteiger partial charge < -0.3 is 15.5 Å². The third-order valence-corrected chi connectivity index (χ3v) is 6.70. The van der Waals surface area contributed by atoms with Gasteiger partial charge in [0.05, 0.1) is 29.3 Å². The molecule has 35 heavy (non-hydrogen) atoms. The maximum atomic E-state index is 11.2. The fraction of sp³-hybridized carbons (Fsp3) is 0.321. The van der Waals surface area contributed by atoms with Crippen molar-refractivity contribution in [2.24, 2.45) is 5.73 Å². The standard InChI is InChI=1S/C28H31N5O2/c1-19(34)35-18-20-11-12-22(23(14-20)15-29)16-33(17-27-31-24-8-2-3-9-25(24)32-27)26-10-4-6-21-7-5-13-30-28(21)26/h2-3,5,7-9,11-14,26H,4,6,10,15-18,29H2,1H3,(H,31,32). The molecule has 7 heteroatoms. The fourth-order valence-electron chi connectivity index (χ4n) is 5.01. The van der Waals surface area contributed by atoms with Gasteiger partial charge in [0.25, 0.3) is 0 Å². The maximum absolute atomic E-state index is 11.2. The number of pyridine rings is 1. The summed E-state index contributed by atoms with van der Waals surface area (Å²) in [5, 5.41) is 0. The molecule has 1 aliphatic carbocycles. The highest BCUT2D eigenvalue weighted by Gasteiger charge is 2.28. The zero-order valence-corrected chi connectivity index (χ0v) is 20.0. The first-order chi connectivity index (χ1) is 17.1. The number of esters is 1. The van der Waals surface area contributed by atoms with E-state index in [1.54, 1.807) is 0 Å². The Labute approximate surface area is 205 Å². The Kier molecular flexibility index (Phi) is 6.88. The molecule has 0 aliphatic heterocycles. The Bertz CT molecular complexity index is 1300. The summed E-state index contributed by atoms with van der Waals surface area (Å²) < 4.78 is 5.18. The van der Waals surface area contributed by atoms with Crippen LogP contribution in [0.25, 0.3) is 11.0 Å². The molecule has 0 saturated heterocycles. The summed E-state index contributed by atoms with van der Waals surface area (Å²) >= 11 is 0. The summed E-state index contributed by atoms with van der Waals surface area (Å²) in [6.07, 6.45) is 5.14. The zero-order chi connectivity index (χ0) is 24.2. The van der Waals surface area contributed by atoms with Gasteiger partial charge in [-0.3, -0.25) is 14.7 Å². The quantitative estimate of drug-likeness (QED) is 0.367. The van der Waals surface area contributed by atoms with Crippen LogP contribution in [0.15, 0.2) is 60.8 Å². The van der Waals surface area contributed by atoms with Crippen molar-refractivity contribution in [3.63, 3.8) is 0 Å². The highest BCUT2D eigenvalue weighted by Crippen LogP contribution is 2.35. The molecule has 3 N–H and O–H groups in total. The third kappa shape index (κ3) is 5.26. The van der Waals surface area contributed by atoms with Crippen LogP contribution in [-0.2, 0) is 42.2 Å². The number of aromatic amines is 1. The van der Waals surface area contributed by atoms with Gasteiger partial charge in [-0.2, -0.15) is 0 Å². The number of H-pyrrole nitrogens is 1. The minimum Gasteiger partial charge on any atom is -0.461 e. The van der Waals surface area contributed by atoms with E-state index in [-0.39, 0.29) is 18.6 Å². The van der Waals surface area contributed by atoms with E-state index < -0.39 is 0 Å². The van der Waals surface area contributed by atoms with Crippen molar-refractivity contribution < 1.29 is 9.53 Å². The molecule has 0 amide bonds. The van der Waals surface area contributed by atoms with E-state index in [4.69, 9.17) is 20.4 Å². The molecule has 2 heterocycles. The van der Waals surface area contributed by atoms with Gasteiger partial charge in [0.15, 0.2) is 0 Å². The summed E-state index contributed by atoms with van der Waals surface area (Å²) in [4.78, 5) is 26.8. The molecule has 2 aromatic heterocycles. The van der Waals surface area contributed by atoms with Crippen LogP contribution in [0.3, 0.4) is 0 Å². The number of rotatable bonds is 8. The van der Waals surface area contributed by atoms with Gasteiger partial charge >= 0.3 is 5.97 Å². The first-order valence-electron chi connectivity index (χ1n) is 12.2. The van der Waals surface area contributed by atoms with Crippen LogP contribution >= 0.6 is 0 Å². The summed E-state index contributed by atoms with van der Waals surface area (Å²) in [6, 6.07) is 18.7. The van der Waals surface area contributed by atoms with Crippen LogP contribution in [0.4, 0.5) is 0 Å². The molecule has 0 radical (unpaired) electrons. The molecule has 1 unspecified atom stereocenters.